The Balaban J connectivity index is 1.68. The molecule has 2 amide bonds. The average Bonchev–Trinajstić information content (AvgIpc) is 2.70. The number of carbonyl (C=O) groups excluding carboxylic acids is 1. The lowest BCUT2D eigenvalue weighted by Gasteiger charge is -2.37. The number of nitrogens with one attached hydrogen (secondary N) is 1. The highest BCUT2D eigenvalue weighted by atomic mass is 35.5. The highest BCUT2D eigenvalue weighted by molar-refractivity contribution is 6.30. The number of fused-ring (bicyclic) bond motifs is 1. The highest BCUT2D eigenvalue weighted by Crippen LogP contribution is 2.36. The van der Waals surface area contributed by atoms with Crippen molar-refractivity contribution in [3.8, 4) is 0 Å². The van der Waals surface area contributed by atoms with Crippen LogP contribution in [0.2, 0.25) is 5.02 Å². The maximum Gasteiger partial charge on any atom is 0.322 e. The zero-order valence-corrected chi connectivity index (χ0v) is 15.6. The van der Waals surface area contributed by atoms with Crippen molar-refractivity contribution in [2.45, 2.75) is 12.5 Å². The number of nitrogens with zero attached hydrogens (tertiary/aromatic N) is 1. The zero-order chi connectivity index (χ0) is 19.7. The highest BCUT2D eigenvalue weighted by Gasteiger charge is 2.32. The lowest BCUT2D eigenvalue weighted by atomic mass is 9.88. The third kappa shape index (κ3) is 3.58. The van der Waals surface area contributed by atoms with Gasteiger partial charge in [0.25, 0.3) is 0 Å². The van der Waals surface area contributed by atoms with Gasteiger partial charge in [-0.3, -0.25) is 0 Å². The van der Waals surface area contributed by atoms with E-state index in [0.717, 1.165) is 23.3 Å². The van der Waals surface area contributed by atoms with Crippen molar-refractivity contribution >= 4 is 23.3 Å². The molecule has 3 nitrogen and oxygen atoms in total. The molecule has 0 saturated heterocycles. The second-order valence-electron chi connectivity index (χ2n) is 6.66. The summed E-state index contributed by atoms with van der Waals surface area (Å²) in [4.78, 5) is 14.7. The van der Waals surface area contributed by atoms with Crippen LogP contribution in [0.4, 0.5) is 19.3 Å². The minimum absolute atomic E-state index is 0.206. The fourth-order valence-electron chi connectivity index (χ4n) is 3.56. The Kier molecular flexibility index (Phi) is 5.01. The van der Waals surface area contributed by atoms with E-state index < -0.39 is 11.6 Å². The van der Waals surface area contributed by atoms with E-state index in [9.17, 15) is 13.6 Å². The van der Waals surface area contributed by atoms with Gasteiger partial charge in [-0.15, -0.1) is 0 Å². The Hall–Kier alpha value is -2.92. The molecule has 1 aliphatic heterocycles. The van der Waals surface area contributed by atoms with E-state index >= 15 is 0 Å². The molecule has 4 rings (SSSR count). The van der Waals surface area contributed by atoms with Crippen LogP contribution in [0.15, 0.2) is 66.7 Å². The summed E-state index contributed by atoms with van der Waals surface area (Å²) in [5, 5.41) is 3.29. The maximum absolute atomic E-state index is 13.5. The van der Waals surface area contributed by atoms with Crippen molar-refractivity contribution in [2.75, 3.05) is 11.9 Å². The molecule has 0 fully saturated rings. The first-order valence-corrected chi connectivity index (χ1v) is 9.26. The van der Waals surface area contributed by atoms with E-state index in [4.69, 9.17) is 11.6 Å². The summed E-state index contributed by atoms with van der Waals surface area (Å²) in [5.74, 6) is -1.96. The van der Waals surface area contributed by atoms with Gasteiger partial charge in [0.1, 0.15) is 0 Å². The van der Waals surface area contributed by atoms with Crippen molar-refractivity contribution in [3.63, 3.8) is 0 Å². The van der Waals surface area contributed by atoms with E-state index in [1.807, 2.05) is 30.3 Å². The van der Waals surface area contributed by atoms with Crippen molar-refractivity contribution in [1.29, 1.82) is 0 Å². The molecular weight excluding hydrogens is 382 g/mol. The summed E-state index contributed by atoms with van der Waals surface area (Å²) in [5.41, 5.74) is 3.35. The molecule has 0 radical (unpaired) electrons. The number of anilines is 1. The van der Waals surface area contributed by atoms with Gasteiger partial charge in [-0.1, -0.05) is 48.0 Å². The predicted molar refractivity (Wildman–Crippen MR) is 106 cm³/mol. The smallest absolute Gasteiger partial charge is 0.313 e. The first kappa shape index (κ1) is 18.4. The third-order valence-electron chi connectivity index (χ3n) is 4.90. The Morgan fingerprint density at radius 2 is 1.75 bits per heavy atom. The van der Waals surface area contributed by atoms with Crippen LogP contribution in [0, 0.1) is 11.6 Å². The number of rotatable bonds is 2. The molecule has 3 aromatic rings. The average molecular weight is 399 g/mol. The van der Waals surface area contributed by atoms with Gasteiger partial charge in [-0.25, -0.2) is 13.6 Å². The van der Waals surface area contributed by atoms with Gasteiger partial charge in [-0.2, -0.15) is 0 Å². The second kappa shape index (κ2) is 7.60. The van der Waals surface area contributed by atoms with E-state index in [1.54, 1.807) is 17.0 Å². The Morgan fingerprint density at radius 3 is 2.50 bits per heavy atom. The number of hydrogen-bond donors (Lipinski definition) is 1. The summed E-state index contributed by atoms with van der Waals surface area (Å²) in [6.45, 7) is 0.500. The molecule has 1 N–H and O–H groups in total. The van der Waals surface area contributed by atoms with Gasteiger partial charge in [-0.05, 0) is 47.4 Å². The lowest BCUT2D eigenvalue weighted by Crippen LogP contribution is -2.43. The van der Waals surface area contributed by atoms with Crippen LogP contribution in [0.3, 0.4) is 0 Å². The normalized spacial score (nSPS) is 15.8. The van der Waals surface area contributed by atoms with Crippen LogP contribution >= 0.6 is 11.6 Å². The Bertz CT molecular complexity index is 1020. The summed E-state index contributed by atoms with van der Waals surface area (Å²) in [7, 11) is 0. The summed E-state index contributed by atoms with van der Waals surface area (Å²) in [6, 6.07) is 18.0. The van der Waals surface area contributed by atoms with Crippen LogP contribution in [0.5, 0.6) is 0 Å². The molecule has 3 aromatic carbocycles. The van der Waals surface area contributed by atoms with Crippen molar-refractivity contribution in [1.82, 2.24) is 4.90 Å². The van der Waals surface area contributed by atoms with E-state index in [0.29, 0.717) is 18.0 Å². The number of urea groups is 1. The maximum atomic E-state index is 13.5. The standard InChI is InChI=1S/C22H17ClF2N2O/c23-16-7-5-15(6-8-16)21-18-4-2-1-3-14(18)11-12-27(21)22(28)26-17-9-10-19(24)20(25)13-17/h1-10,13,21H,11-12H2,(H,26,28)/t21-/m0/s1. The van der Waals surface area contributed by atoms with Gasteiger partial charge >= 0.3 is 6.03 Å². The van der Waals surface area contributed by atoms with Crippen LogP contribution in [0.1, 0.15) is 22.7 Å². The van der Waals surface area contributed by atoms with Crippen molar-refractivity contribution in [2.24, 2.45) is 0 Å². The van der Waals surface area contributed by atoms with Crippen molar-refractivity contribution < 1.29 is 13.6 Å². The second-order valence-corrected chi connectivity index (χ2v) is 7.09. The molecule has 0 bridgehead atoms. The minimum atomic E-state index is -1.00. The first-order valence-electron chi connectivity index (χ1n) is 8.89. The topological polar surface area (TPSA) is 32.3 Å². The molecular formula is C22H17ClF2N2O. The summed E-state index contributed by atoms with van der Waals surface area (Å²) >= 11 is 6.03. The zero-order valence-electron chi connectivity index (χ0n) is 14.8. The Morgan fingerprint density at radius 1 is 1.00 bits per heavy atom. The molecule has 142 valence electrons. The number of amides is 2. The first-order chi connectivity index (χ1) is 13.5. The molecule has 0 unspecified atom stereocenters. The largest absolute Gasteiger partial charge is 0.322 e. The van der Waals surface area contributed by atoms with E-state index in [1.165, 1.54) is 11.6 Å². The number of halogens is 3. The van der Waals surface area contributed by atoms with Gasteiger partial charge in [0, 0.05) is 23.3 Å². The van der Waals surface area contributed by atoms with Gasteiger partial charge < -0.3 is 10.2 Å². The summed E-state index contributed by atoms with van der Waals surface area (Å²) in [6.07, 6.45) is 0.714. The van der Waals surface area contributed by atoms with Crippen molar-refractivity contribution in [3.05, 3.63) is 100 Å². The van der Waals surface area contributed by atoms with E-state index in [-0.39, 0.29) is 17.8 Å². The number of hydrogen-bond acceptors (Lipinski definition) is 1. The molecule has 1 atom stereocenters. The predicted octanol–water partition coefficient (Wildman–Crippen LogP) is 5.80. The molecule has 1 heterocycles. The SMILES string of the molecule is O=C(Nc1ccc(F)c(F)c1)N1CCc2ccccc2[C@@H]1c1ccc(Cl)cc1. The molecule has 28 heavy (non-hydrogen) atoms. The molecule has 6 heteroatoms. The number of benzene rings is 3. The monoisotopic (exact) mass is 398 g/mol. The number of carbonyl (C=O) groups is 1. The molecule has 0 saturated carbocycles. The third-order valence-corrected chi connectivity index (χ3v) is 5.15. The quantitative estimate of drug-likeness (QED) is 0.581. The summed E-state index contributed by atoms with van der Waals surface area (Å²) < 4.78 is 26.7. The fraction of sp³-hybridized carbons (Fsp3) is 0.136. The van der Waals surface area contributed by atoms with Gasteiger partial charge in [0.15, 0.2) is 11.6 Å². The van der Waals surface area contributed by atoms with Gasteiger partial charge in [0.05, 0.1) is 6.04 Å². The Labute approximate surface area is 166 Å². The molecule has 0 aliphatic carbocycles. The molecule has 0 aromatic heterocycles. The van der Waals surface area contributed by atoms with E-state index in [2.05, 4.69) is 11.4 Å². The lowest BCUT2D eigenvalue weighted by molar-refractivity contribution is 0.194. The van der Waals surface area contributed by atoms with Gasteiger partial charge in [0.2, 0.25) is 0 Å². The minimum Gasteiger partial charge on any atom is -0.313 e. The molecule has 1 aliphatic rings. The van der Waals surface area contributed by atoms with Crippen LogP contribution in [-0.4, -0.2) is 17.5 Å². The van der Waals surface area contributed by atoms with Crippen LogP contribution in [-0.2, 0) is 6.42 Å². The van der Waals surface area contributed by atoms with Crippen LogP contribution in [0.25, 0.3) is 0 Å². The molecule has 0 spiro atoms. The van der Waals surface area contributed by atoms with Crippen LogP contribution < -0.4 is 5.32 Å². The fourth-order valence-corrected chi connectivity index (χ4v) is 3.69.